The van der Waals surface area contributed by atoms with E-state index in [4.69, 9.17) is 14.2 Å². The maximum absolute atomic E-state index is 11.8. The molecule has 0 aliphatic heterocycles. The topological polar surface area (TPSA) is 94.6 Å². The van der Waals surface area contributed by atoms with E-state index >= 15 is 0 Å². The van der Waals surface area contributed by atoms with Crippen molar-refractivity contribution in [1.29, 1.82) is 0 Å². The zero-order valence-corrected chi connectivity index (χ0v) is 17.9. The summed E-state index contributed by atoms with van der Waals surface area (Å²) in [5.74, 6) is 2.27. The predicted molar refractivity (Wildman–Crippen MR) is 120 cm³/mol. The molecule has 2 N–H and O–H groups in total. The van der Waals surface area contributed by atoms with Crippen molar-refractivity contribution in [3.8, 4) is 23.0 Å². The average Bonchev–Trinajstić information content (AvgIpc) is 3.19. The number of hydrogen-bond donors (Lipinski definition) is 2. The van der Waals surface area contributed by atoms with Gasteiger partial charge in [-0.15, -0.1) is 0 Å². The van der Waals surface area contributed by atoms with Gasteiger partial charge in [-0.25, -0.2) is 4.98 Å². The first kappa shape index (κ1) is 20.4. The van der Waals surface area contributed by atoms with Crippen LogP contribution in [0.2, 0.25) is 0 Å². The number of amides is 1. The van der Waals surface area contributed by atoms with Crippen LogP contribution in [0.15, 0.2) is 54.7 Å². The Kier molecular flexibility index (Phi) is 5.85. The first-order chi connectivity index (χ1) is 15.1. The molecular weight excluding hydrogens is 416 g/mol. The molecule has 0 atom stereocenters. The highest BCUT2D eigenvalue weighted by Crippen LogP contribution is 2.34. The van der Waals surface area contributed by atoms with E-state index in [-0.39, 0.29) is 5.91 Å². The van der Waals surface area contributed by atoms with Crippen LogP contribution >= 0.6 is 11.3 Å². The summed E-state index contributed by atoms with van der Waals surface area (Å²) in [6, 6.07) is 14.5. The Morgan fingerprint density at radius 3 is 2.39 bits per heavy atom. The second-order valence-corrected chi connectivity index (χ2v) is 7.46. The van der Waals surface area contributed by atoms with Crippen LogP contribution in [0, 0.1) is 0 Å². The van der Waals surface area contributed by atoms with E-state index in [1.807, 2.05) is 36.4 Å². The van der Waals surface area contributed by atoms with E-state index in [0.29, 0.717) is 28.7 Å². The van der Waals surface area contributed by atoms with Crippen LogP contribution in [0.4, 0.5) is 10.8 Å². The predicted octanol–water partition coefficient (Wildman–Crippen LogP) is 4.60. The Hall–Kier alpha value is -3.85. The number of rotatable bonds is 7. The lowest BCUT2D eigenvalue weighted by molar-refractivity contribution is 0.0958. The average molecular weight is 436 g/mol. The largest absolute Gasteiger partial charge is 0.497 e. The van der Waals surface area contributed by atoms with Crippen molar-refractivity contribution in [3.05, 3.63) is 60.4 Å². The number of methoxy groups -OCH3 is 2. The molecule has 2 aromatic carbocycles. The number of nitrogens with one attached hydrogen (secondary N) is 2. The summed E-state index contributed by atoms with van der Waals surface area (Å²) in [4.78, 5) is 20.4. The van der Waals surface area contributed by atoms with E-state index in [0.717, 1.165) is 21.0 Å². The van der Waals surface area contributed by atoms with E-state index in [1.54, 1.807) is 33.4 Å². The Balaban J connectivity index is 1.56. The maximum Gasteiger partial charge on any atom is 0.269 e. The highest BCUT2D eigenvalue weighted by molar-refractivity contribution is 7.22. The van der Waals surface area contributed by atoms with Crippen LogP contribution in [0.1, 0.15) is 10.5 Å². The fraction of sp³-hybridized carbons (Fsp3) is 0.136. The SMILES string of the molecule is CNC(=O)c1cc(Oc2ccc3nc(Nc4cc(OC)cc(OC)c4)sc3c2)ccn1. The molecule has 2 heterocycles. The van der Waals surface area contributed by atoms with Gasteiger partial charge >= 0.3 is 0 Å². The van der Waals surface area contributed by atoms with Crippen molar-refractivity contribution >= 4 is 38.3 Å². The minimum Gasteiger partial charge on any atom is -0.497 e. The third kappa shape index (κ3) is 4.67. The number of thiazole rings is 1. The molecule has 0 saturated carbocycles. The van der Waals surface area contributed by atoms with Crippen LogP contribution in [0.5, 0.6) is 23.0 Å². The van der Waals surface area contributed by atoms with E-state index < -0.39 is 0 Å². The second kappa shape index (κ2) is 8.88. The number of benzene rings is 2. The molecule has 0 unspecified atom stereocenters. The van der Waals surface area contributed by atoms with Gasteiger partial charge in [0.2, 0.25) is 0 Å². The van der Waals surface area contributed by atoms with Crippen LogP contribution < -0.4 is 24.8 Å². The third-order valence-corrected chi connectivity index (χ3v) is 5.32. The van der Waals surface area contributed by atoms with Gasteiger partial charge in [-0.1, -0.05) is 11.3 Å². The lowest BCUT2D eigenvalue weighted by Gasteiger charge is -2.08. The van der Waals surface area contributed by atoms with Gasteiger partial charge in [-0.05, 0) is 18.2 Å². The Morgan fingerprint density at radius 2 is 1.68 bits per heavy atom. The number of carbonyl (C=O) groups is 1. The molecule has 0 aliphatic carbocycles. The molecule has 31 heavy (non-hydrogen) atoms. The molecule has 0 aliphatic rings. The molecular formula is C22H20N4O4S. The number of pyridine rings is 1. The molecule has 8 nitrogen and oxygen atoms in total. The molecule has 0 radical (unpaired) electrons. The first-order valence-electron chi connectivity index (χ1n) is 9.34. The number of fused-ring (bicyclic) bond motifs is 1. The lowest BCUT2D eigenvalue weighted by Crippen LogP contribution is -2.18. The summed E-state index contributed by atoms with van der Waals surface area (Å²) in [6.45, 7) is 0. The Morgan fingerprint density at radius 1 is 0.935 bits per heavy atom. The van der Waals surface area contributed by atoms with E-state index in [9.17, 15) is 4.79 Å². The number of hydrogen-bond acceptors (Lipinski definition) is 8. The van der Waals surface area contributed by atoms with Crippen molar-refractivity contribution in [1.82, 2.24) is 15.3 Å². The van der Waals surface area contributed by atoms with Crippen LogP contribution in [0.25, 0.3) is 10.2 Å². The molecule has 1 amide bonds. The molecule has 2 aromatic heterocycles. The fourth-order valence-electron chi connectivity index (χ4n) is 2.89. The molecule has 4 rings (SSSR count). The van der Waals surface area contributed by atoms with Crippen LogP contribution in [-0.4, -0.2) is 37.1 Å². The number of anilines is 2. The normalized spacial score (nSPS) is 10.5. The fourth-order valence-corrected chi connectivity index (χ4v) is 3.80. The van der Waals surface area contributed by atoms with Crippen molar-refractivity contribution in [2.24, 2.45) is 0 Å². The minimum absolute atomic E-state index is 0.270. The van der Waals surface area contributed by atoms with E-state index in [1.165, 1.54) is 17.5 Å². The summed E-state index contributed by atoms with van der Waals surface area (Å²) >= 11 is 1.50. The third-order valence-electron chi connectivity index (χ3n) is 4.39. The summed E-state index contributed by atoms with van der Waals surface area (Å²) < 4.78 is 17.5. The highest BCUT2D eigenvalue weighted by atomic mass is 32.1. The summed E-state index contributed by atoms with van der Waals surface area (Å²) in [5.41, 5.74) is 1.94. The molecule has 0 bridgehead atoms. The van der Waals surface area contributed by atoms with E-state index in [2.05, 4.69) is 20.6 Å². The zero-order valence-electron chi connectivity index (χ0n) is 17.1. The lowest BCUT2D eigenvalue weighted by atomic mass is 10.3. The van der Waals surface area contributed by atoms with Gasteiger partial charge in [0.05, 0.1) is 24.4 Å². The van der Waals surface area contributed by atoms with Crippen LogP contribution in [-0.2, 0) is 0 Å². The smallest absolute Gasteiger partial charge is 0.269 e. The van der Waals surface area contributed by atoms with Gasteiger partial charge in [0.15, 0.2) is 5.13 Å². The number of ether oxygens (including phenoxy) is 3. The van der Waals surface area contributed by atoms with Gasteiger partial charge in [0, 0.05) is 49.3 Å². The highest BCUT2D eigenvalue weighted by Gasteiger charge is 2.10. The standard InChI is InChI=1S/C22H20N4O4S/c1-23-21(27)19-11-15(6-7-24-19)30-14-4-5-18-20(12-14)31-22(26-18)25-13-8-16(28-2)10-17(9-13)29-3/h4-12H,1-3H3,(H,23,27)(H,25,26). The first-order valence-corrected chi connectivity index (χ1v) is 10.2. The second-order valence-electron chi connectivity index (χ2n) is 6.43. The molecule has 4 aromatic rings. The quantitative estimate of drug-likeness (QED) is 0.437. The number of aromatic nitrogens is 2. The van der Waals surface area contributed by atoms with Gasteiger partial charge in [0.1, 0.15) is 28.7 Å². The molecule has 0 fully saturated rings. The summed E-state index contributed by atoms with van der Waals surface area (Å²) in [6.07, 6.45) is 1.54. The van der Waals surface area contributed by atoms with Gasteiger partial charge in [-0.2, -0.15) is 0 Å². The molecule has 9 heteroatoms. The van der Waals surface area contributed by atoms with Crippen molar-refractivity contribution in [2.45, 2.75) is 0 Å². The van der Waals surface area contributed by atoms with Crippen LogP contribution in [0.3, 0.4) is 0 Å². The summed E-state index contributed by atoms with van der Waals surface area (Å²) in [7, 11) is 4.78. The molecule has 158 valence electrons. The Labute approximate surface area is 182 Å². The molecule has 0 saturated heterocycles. The van der Waals surface area contributed by atoms with Gasteiger partial charge in [0.25, 0.3) is 5.91 Å². The van der Waals surface area contributed by atoms with Crippen molar-refractivity contribution in [2.75, 3.05) is 26.6 Å². The Bertz CT molecular complexity index is 1220. The zero-order chi connectivity index (χ0) is 21.8. The maximum atomic E-state index is 11.8. The summed E-state index contributed by atoms with van der Waals surface area (Å²) in [5, 5.41) is 6.57. The van der Waals surface area contributed by atoms with Crippen molar-refractivity contribution in [3.63, 3.8) is 0 Å². The van der Waals surface area contributed by atoms with Crippen molar-refractivity contribution < 1.29 is 19.0 Å². The number of nitrogens with zero attached hydrogens (tertiary/aromatic N) is 2. The number of carbonyl (C=O) groups excluding carboxylic acids is 1. The van der Waals surface area contributed by atoms with Gasteiger partial charge in [-0.3, -0.25) is 9.78 Å². The monoisotopic (exact) mass is 436 g/mol. The minimum atomic E-state index is -0.270. The molecule has 0 spiro atoms. The van der Waals surface area contributed by atoms with Gasteiger partial charge < -0.3 is 24.8 Å².